The molecule has 0 fully saturated rings. The van der Waals surface area contributed by atoms with Gasteiger partial charge in [0.2, 0.25) is 0 Å². The van der Waals surface area contributed by atoms with Gasteiger partial charge in [-0.2, -0.15) is 0 Å². The number of aromatic hydroxyl groups is 1. The van der Waals surface area contributed by atoms with E-state index in [2.05, 4.69) is 53.1 Å². The molecule has 1 aliphatic carbocycles. The van der Waals surface area contributed by atoms with Crippen molar-refractivity contribution in [3.05, 3.63) is 65.0 Å². The average molecular weight is 534 g/mol. The van der Waals surface area contributed by atoms with Crippen LogP contribution in [0.15, 0.2) is 42.6 Å². The third-order valence-electron chi connectivity index (χ3n) is 7.94. The van der Waals surface area contributed by atoms with Crippen molar-refractivity contribution >= 4 is 22.2 Å². The lowest BCUT2D eigenvalue weighted by Gasteiger charge is -2.37. The molecule has 1 heterocycles. The SMILES string of the molecule is CCN(CC)CCCNc1ccnc2c1C(=O)c1cc3ccccc3c(O)c1C2(O)NCCCN(CC)CC. The minimum absolute atomic E-state index is 0.0970. The first-order chi connectivity index (χ1) is 18.9. The average Bonchev–Trinajstić information content (AvgIpc) is 2.96. The third kappa shape index (κ3) is 5.79. The lowest BCUT2D eigenvalue weighted by Crippen LogP contribution is -2.49. The summed E-state index contributed by atoms with van der Waals surface area (Å²) in [4.78, 5) is 23.2. The Morgan fingerprint density at radius 1 is 0.923 bits per heavy atom. The van der Waals surface area contributed by atoms with Crippen LogP contribution in [0.1, 0.15) is 67.7 Å². The molecule has 1 aromatic heterocycles. The lowest BCUT2D eigenvalue weighted by atomic mass is 9.79. The normalized spacial score (nSPS) is 16.6. The number of pyridine rings is 1. The van der Waals surface area contributed by atoms with Crippen molar-refractivity contribution < 1.29 is 15.0 Å². The van der Waals surface area contributed by atoms with Gasteiger partial charge in [0.25, 0.3) is 0 Å². The first-order valence-electron chi connectivity index (χ1n) is 14.3. The molecule has 0 aliphatic heterocycles. The summed E-state index contributed by atoms with van der Waals surface area (Å²) in [6, 6.07) is 10.9. The topological polar surface area (TPSA) is 101 Å². The second kappa shape index (κ2) is 12.9. The summed E-state index contributed by atoms with van der Waals surface area (Å²) in [7, 11) is 0. The van der Waals surface area contributed by atoms with Crippen molar-refractivity contribution in [1.82, 2.24) is 20.1 Å². The minimum Gasteiger partial charge on any atom is -0.507 e. The molecule has 39 heavy (non-hydrogen) atoms. The number of carbonyl (C=O) groups excluding carboxylic acids is 1. The highest BCUT2D eigenvalue weighted by molar-refractivity contribution is 6.18. The zero-order valence-electron chi connectivity index (χ0n) is 23.8. The van der Waals surface area contributed by atoms with Gasteiger partial charge in [0.1, 0.15) is 11.4 Å². The first-order valence-corrected chi connectivity index (χ1v) is 14.3. The molecule has 0 bridgehead atoms. The van der Waals surface area contributed by atoms with Gasteiger partial charge in [0.05, 0.1) is 11.1 Å². The van der Waals surface area contributed by atoms with E-state index in [0.717, 1.165) is 57.5 Å². The molecule has 1 unspecified atom stereocenters. The Morgan fingerprint density at radius 3 is 2.23 bits per heavy atom. The number of rotatable bonds is 14. The Balaban J connectivity index is 1.72. The quantitative estimate of drug-likeness (QED) is 0.181. The molecule has 0 spiro atoms. The Labute approximate surface area is 232 Å². The number of phenols is 1. The summed E-state index contributed by atoms with van der Waals surface area (Å²) < 4.78 is 0. The van der Waals surface area contributed by atoms with Gasteiger partial charge in [0, 0.05) is 29.4 Å². The van der Waals surface area contributed by atoms with Gasteiger partial charge >= 0.3 is 0 Å². The Bertz CT molecular complexity index is 1290. The van der Waals surface area contributed by atoms with Crippen LogP contribution in [0.2, 0.25) is 0 Å². The van der Waals surface area contributed by atoms with Crippen LogP contribution in [0.4, 0.5) is 5.69 Å². The molecule has 3 aromatic rings. The number of aromatic nitrogens is 1. The fourth-order valence-corrected chi connectivity index (χ4v) is 5.59. The van der Waals surface area contributed by atoms with E-state index in [1.54, 1.807) is 24.4 Å². The smallest absolute Gasteiger partial charge is 0.197 e. The van der Waals surface area contributed by atoms with Crippen molar-refractivity contribution in [2.75, 3.05) is 57.7 Å². The maximum atomic E-state index is 14.0. The second-order valence-corrected chi connectivity index (χ2v) is 10.1. The predicted octanol–water partition coefficient (Wildman–Crippen LogP) is 4.14. The van der Waals surface area contributed by atoms with E-state index in [-0.39, 0.29) is 28.4 Å². The van der Waals surface area contributed by atoms with Gasteiger partial charge in [0.15, 0.2) is 11.5 Å². The zero-order valence-corrected chi connectivity index (χ0v) is 23.8. The number of hydrogen-bond acceptors (Lipinski definition) is 8. The molecule has 0 saturated heterocycles. The molecule has 8 nitrogen and oxygen atoms in total. The van der Waals surface area contributed by atoms with E-state index in [0.29, 0.717) is 29.7 Å². The van der Waals surface area contributed by atoms with Crippen molar-refractivity contribution in [2.24, 2.45) is 0 Å². The summed E-state index contributed by atoms with van der Waals surface area (Å²) in [6.07, 6.45) is 3.33. The van der Waals surface area contributed by atoms with E-state index in [1.165, 1.54) is 0 Å². The third-order valence-corrected chi connectivity index (χ3v) is 7.94. The van der Waals surface area contributed by atoms with Crippen LogP contribution >= 0.6 is 0 Å². The molecule has 4 rings (SSSR count). The zero-order chi connectivity index (χ0) is 28.0. The summed E-state index contributed by atoms with van der Waals surface area (Å²) in [5.74, 6) is -0.352. The van der Waals surface area contributed by atoms with Crippen LogP contribution in [0.25, 0.3) is 10.8 Å². The first kappa shape index (κ1) is 29.0. The standard InChI is InChI=1S/C31H43N5O3/c1-5-35(6-2)19-11-16-32-25-15-18-33-30-26(25)28(37)24-21-22-13-9-10-14-23(22)29(38)27(24)31(30,39)34-17-12-20-36(7-3)8-4/h9-10,13-15,18,21,34,38-39H,5-8,11-12,16-17,19-20H2,1-4H3,(H,32,33). The lowest BCUT2D eigenvalue weighted by molar-refractivity contribution is 0.0314. The van der Waals surface area contributed by atoms with Gasteiger partial charge in [-0.3, -0.25) is 15.1 Å². The van der Waals surface area contributed by atoms with E-state index in [9.17, 15) is 15.0 Å². The molecule has 0 amide bonds. The van der Waals surface area contributed by atoms with Crippen LogP contribution in [-0.4, -0.2) is 83.1 Å². The number of nitrogens with zero attached hydrogens (tertiary/aromatic N) is 3. The number of aliphatic hydroxyl groups is 1. The van der Waals surface area contributed by atoms with Crippen molar-refractivity contribution in [2.45, 2.75) is 46.3 Å². The van der Waals surface area contributed by atoms with Gasteiger partial charge in [-0.1, -0.05) is 52.0 Å². The number of phenolic OH excluding ortho intramolecular Hbond substituents is 1. The molecular weight excluding hydrogens is 490 g/mol. The molecule has 2 aromatic carbocycles. The van der Waals surface area contributed by atoms with E-state index < -0.39 is 5.72 Å². The Hall–Kier alpha value is -3.04. The molecule has 1 atom stereocenters. The number of benzene rings is 2. The van der Waals surface area contributed by atoms with E-state index in [4.69, 9.17) is 0 Å². The molecule has 4 N–H and O–H groups in total. The molecule has 210 valence electrons. The highest BCUT2D eigenvalue weighted by Crippen LogP contribution is 2.46. The Kier molecular flexibility index (Phi) is 9.56. The fourth-order valence-electron chi connectivity index (χ4n) is 5.59. The van der Waals surface area contributed by atoms with Gasteiger partial charge < -0.3 is 25.3 Å². The van der Waals surface area contributed by atoms with E-state index in [1.807, 2.05) is 18.2 Å². The predicted molar refractivity (Wildman–Crippen MR) is 158 cm³/mol. The van der Waals surface area contributed by atoms with Gasteiger partial charge in [-0.15, -0.1) is 0 Å². The molecule has 0 saturated carbocycles. The van der Waals surface area contributed by atoms with Crippen molar-refractivity contribution in [3.8, 4) is 5.75 Å². The fraction of sp³-hybridized carbons (Fsp3) is 0.484. The van der Waals surface area contributed by atoms with E-state index >= 15 is 0 Å². The van der Waals surface area contributed by atoms with Gasteiger partial charge in [-0.25, -0.2) is 0 Å². The summed E-state index contributed by atoms with van der Waals surface area (Å²) in [5.41, 5.74) is -0.145. The highest BCUT2D eigenvalue weighted by Gasteiger charge is 2.47. The summed E-state index contributed by atoms with van der Waals surface area (Å²) in [5, 5.41) is 31.8. The van der Waals surface area contributed by atoms with Crippen LogP contribution in [0, 0.1) is 0 Å². The van der Waals surface area contributed by atoms with Crippen LogP contribution < -0.4 is 10.6 Å². The van der Waals surface area contributed by atoms with Gasteiger partial charge in [-0.05, 0) is 76.2 Å². The highest BCUT2D eigenvalue weighted by atomic mass is 16.3. The molecule has 0 radical (unpaired) electrons. The van der Waals surface area contributed by atoms with Crippen LogP contribution in [0.5, 0.6) is 5.75 Å². The van der Waals surface area contributed by atoms with Crippen LogP contribution in [-0.2, 0) is 5.72 Å². The van der Waals surface area contributed by atoms with Crippen molar-refractivity contribution in [3.63, 3.8) is 0 Å². The number of anilines is 1. The van der Waals surface area contributed by atoms with Crippen molar-refractivity contribution in [1.29, 1.82) is 0 Å². The number of nitrogens with one attached hydrogen (secondary N) is 2. The number of fused-ring (bicyclic) bond motifs is 3. The largest absolute Gasteiger partial charge is 0.507 e. The number of carbonyl (C=O) groups is 1. The Morgan fingerprint density at radius 2 is 1.56 bits per heavy atom. The molecule has 8 heteroatoms. The van der Waals surface area contributed by atoms with Crippen LogP contribution in [0.3, 0.4) is 0 Å². The maximum Gasteiger partial charge on any atom is 0.197 e. The summed E-state index contributed by atoms with van der Waals surface area (Å²) >= 11 is 0. The monoisotopic (exact) mass is 533 g/mol. The minimum atomic E-state index is -1.82. The molecule has 1 aliphatic rings. The second-order valence-electron chi connectivity index (χ2n) is 10.1. The molecular formula is C31H43N5O3. The number of ketones is 1. The maximum absolute atomic E-state index is 14.0. The summed E-state index contributed by atoms with van der Waals surface area (Å²) in [6.45, 7) is 15.5. The number of hydrogen-bond donors (Lipinski definition) is 4.